The summed E-state index contributed by atoms with van der Waals surface area (Å²) in [4.78, 5) is 44.6. The fourth-order valence-corrected chi connectivity index (χ4v) is 0.915. The van der Waals surface area contributed by atoms with Gasteiger partial charge in [0.25, 0.3) is 5.56 Å². The minimum absolute atomic E-state index is 0.418. The largest absolute Gasteiger partial charge is 0.477 e. The van der Waals surface area contributed by atoms with E-state index >= 15 is 0 Å². The predicted molar refractivity (Wildman–Crippen MR) is 60.7 cm³/mol. The number of amides is 1. The molecule has 2 aromatic heterocycles. The Bertz CT molecular complexity index is 629. The normalized spacial score (nSPS) is 9.05. The van der Waals surface area contributed by atoms with Crippen LogP contribution in [0.2, 0.25) is 0 Å². The number of nitrogens with zero attached hydrogens (tertiary/aromatic N) is 2. The highest BCUT2D eigenvalue weighted by molar-refractivity contribution is 5.84. The Morgan fingerprint density at radius 2 is 2.11 bits per heavy atom. The van der Waals surface area contributed by atoms with E-state index in [0.29, 0.717) is 12.2 Å². The van der Waals surface area contributed by atoms with Crippen LogP contribution in [0.4, 0.5) is 5.82 Å². The van der Waals surface area contributed by atoms with Gasteiger partial charge in [0.15, 0.2) is 5.82 Å². The van der Waals surface area contributed by atoms with Crippen molar-refractivity contribution in [1.29, 1.82) is 0 Å². The summed E-state index contributed by atoms with van der Waals surface area (Å²) in [6, 6.07) is 0.795. The molecule has 0 aliphatic rings. The second-order valence-electron chi connectivity index (χ2n) is 2.92. The first kappa shape index (κ1) is 13.8. The summed E-state index contributed by atoms with van der Waals surface area (Å²) in [5.41, 5.74) is -1.97. The maximum atomic E-state index is 10.5. The lowest BCUT2D eigenvalue weighted by molar-refractivity contribution is -0.105. The lowest BCUT2D eigenvalue weighted by atomic mass is 10.4. The molecular weight excluding hydrogens is 260 g/mol. The summed E-state index contributed by atoms with van der Waals surface area (Å²) in [5, 5.41) is 19.9. The monoisotopic (exact) mass is 268 g/mol. The predicted octanol–water partition coefficient (Wildman–Crippen LogP) is -1.87. The molecule has 2 rings (SSSR count). The van der Waals surface area contributed by atoms with Crippen LogP contribution in [0.15, 0.2) is 21.9 Å². The zero-order valence-corrected chi connectivity index (χ0v) is 9.21. The Balaban J connectivity index is 0.000000200. The highest BCUT2D eigenvalue weighted by Crippen LogP contribution is 1.90. The molecule has 0 aliphatic carbocycles. The van der Waals surface area contributed by atoms with Gasteiger partial charge in [0.2, 0.25) is 6.41 Å². The summed E-state index contributed by atoms with van der Waals surface area (Å²) in [5.74, 6) is -0.909. The van der Waals surface area contributed by atoms with Gasteiger partial charge in [-0.05, 0) is 0 Å². The van der Waals surface area contributed by atoms with E-state index in [1.54, 1.807) is 0 Å². The van der Waals surface area contributed by atoms with Gasteiger partial charge < -0.3 is 15.4 Å². The fraction of sp³-hybridized carbons (Fsp3) is 0. The molecule has 1 amide bonds. The van der Waals surface area contributed by atoms with Crippen molar-refractivity contribution in [3.05, 3.63) is 38.8 Å². The molecule has 0 bridgehead atoms. The average Bonchev–Trinajstić information content (AvgIpc) is 2.82. The molecule has 100 valence electrons. The van der Waals surface area contributed by atoms with Gasteiger partial charge in [0, 0.05) is 6.07 Å². The summed E-state index contributed by atoms with van der Waals surface area (Å²) < 4.78 is 0. The first-order chi connectivity index (χ1) is 9.02. The number of aromatic nitrogens is 5. The number of rotatable bonds is 3. The number of aromatic carboxylic acids is 1. The Kier molecular flexibility index (Phi) is 4.72. The maximum Gasteiger partial charge on any atom is 0.352 e. The van der Waals surface area contributed by atoms with E-state index in [-0.39, 0.29) is 0 Å². The summed E-state index contributed by atoms with van der Waals surface area (Å²) in [6.07, 6.45) is 1.95. The van der Waals surface area contributed by atoms with E-state index in [0.717, 1.165) is 6.07 Å². The number of anilines is 1. The molecule has 19 heavy (non-hydrogen) atoms. The Morgan fingerprint density at radius 1 is 1.37 bits per heavy atom. The summed E-state index contributed by atoms with van der Waals surface area (Å²) in [7, 11) is 0. The van der Waals surface area contributed by atoms with Gasteiger partial charge in [0.05, 0.1) is 6.20 Å². The summed E-state index contributed by atoms with van der Waals surface area (Å²) in [6.45, 7) is 0. The van der Waals surface area contributed by atoms with Gasteiger partial charge in [-0.15, -0.1) is 5.10 Å². The van der Waals surface area contributed by atoms with Crippen molar-refractivity contribution in [1.82, 2.24) is 25.4 Å². The second kappa shape index (κ2) is 6.48. The van der Waals surface area contributed by atoms with E-state index in [2.05, 4.69) is 20.7 Å². The molecular formula is C8H8N6O5. The topological polar surface area (TPSA) is 174 Å². The highest BCUT2D eigenvalue weighted by Gasteiger charge is 2.03. The molecule has 0 aromatic carbocycles. The standard InChI is InChI=1S/C5H4N2O4.C3H4N4O/c8-3-1-2(4(9)10)6-5(11)7-3;8-2-4-3-1-5-7-6-3/h1H,(H,9,10)(H2,6,7,8,11);1-2H,(H2,4,5,6,7,8). The van der Waals surface area contributed by atoms with Crippen molar-refractivity contribution in [3.8, 4) is 0 Å². The van der Waals surface area contributed by atoms with Crippen LogP contribution in [-0.4, -0.2) is 42.9 Å². The third kappa shape index (κ3) is 4.64. The van der Waals surface area contributed by atoms with Crippen molar-refractivity contribution >= 4 is 18.2 Å². The van der Waals surface area contributed by atoms with Crippen LogP contribution in [0.25, 0.3) is 0 Å². The average molecular weight is 268 g/mol. The SMILES string of the molecule is O=C(O)c1cc(=O)[nH]c(=O)[nH]1.O=CNc1cn[nH]n1. The molecule has 0 saturated carbocycles. The Hall–Kier alpha value is -3.24. The number of hydrogen-bond acceptors (Lipinski definition) is 6. The van der Waals surface area contributed by atoms with Crippen LogP contribution in [0.5, 0.6) is 0 Å². The molecule has 0 atom stereocenters. The van der Waals surface area contributed by atoms with Crippen molar-refractivity contribution in [2.24, 2.45) is 0 Å². The zero-order chi connectivity index (χ0) is 14.3. The van der Waals surface area contributed by atoms with Crippen LogP contribution in [0.3, 0.4) is 0 Å². The zero-order valence-electron chi connectivity index (χ0n) is 9.21. The Morgan fingerprint density at radius 3 is 2.58 bits per heavy atom. The van der Waals surface area contributed by atoms with E-state index in [9.17, 15) is 19.2 Å². The van der Waals surface area contributed by atoms with Gasteiger partial charge in [0.1, 0.15) is 5.69 Å². The lowest BCUT2D eigenvalue weighted by Crippen LogP contribution is -2.24. The first-order valence-electron chi connectivity index (χ1n) is 4.66. The van der Waals surface area contributed by atoms with Crippen LogP contribution in [-0.2, 0) is 4.79 Å². The first-order valence-corrected chi connectivity index (χ1v) is 4.66. The van der Waals surface area contributed by atoms with Crippen molar-refractivity contribution < 1.29 is 14.7 Å². The van der Waals surface area contributed by atoms with Crippen molar-refractivity contribution in [2.45, 2.75) is 0 Å². The molecule has 0 spiro atoms. The minimum Gasteiger partial charge on any atom is -0.477 e. The van der Waals surface area contributed by atoms with Gasteiger partial charge in [-0.3, -0.25) is 14.6 Å². The molecule has 0 radical (unpaired) electrons. The molecule has 0 fully saturated rings. The smallest absolute Gasteiger partial charge is 0.352 e. The Labute approximate surface area is 103 Å². The number of carboxylic acids is 1. The second-order valence-corrected chi connectivity index (χ2v) is 2.92. The summed E-state index contributed by atoms with van der Waals surface area (Å²) >= 11 is 0. The van der Waals surface area contributed by atoms with Gasteiger partial charge in [-0.25, -0.2) is 9.59 Å². The number of carboxylic acid groups (broad SMARTS) is 1. The number of nitrogens with one attached hydrogen (secondary N) is 4. The van der Waals surface area contributed by atoms with E-state index < -0.39 is 22.9 Å². The molecule has 0 saturated heterocycles. The van der Waals surface area contributed by atoms with Crippen LogP contribution >= 0.6 is 0 Å². The van der Waals surface area contributed by atoms with Crippen LogP contribution in [0, 0.1) is 0 Å². The van der Waals surface area contributed by atoms with Gasteiger partial charge >= 0.3 is 11.7 Å². The molecule has 11 nitrogen and oxygen atoms in total. The fourth-order valence-electron chi connectivity index (χ4n) is 0.915. The van der Waals surface area contributed by atoms with Gasteiger partial charge in [-0.1, -0.05) is 0 Å². The van der Waals surface area contributed by atoms with E-state index in [4.69, 9.17) is 5.11 Å². The highest BCUT2D eigenvalue weighted by atomic mass is 16.4. The number of H-pyrrole nitrogens is 3. The third-order valence-corrected chi connectivity index (χ3v) is 1.61. The van der Waals surface area contributed by atoms with Crippen molar-refractivity contribution in [2.75, 3.05) is 5.32 Å². The number of aromatic amines is 3. The molecule has 11 heteroatoms. The molecule has 2 heterocycles. The quantitative estimate of drug-likeness (QED) is 0.405. The molecule has 5 N–H and O–H groups in total. The van der Waals surface area contributed by atoms with Gasteiger partial charge in [-0.2, -0.15) is 10.3 Å². The number of carbonyl (C=O) groups is 2. The van der Waals surface area contributed by atoms with Crippen LogP contribution in [0.1, 0.15) is 10.5 Å². The minimum atomic E-state index is -1.34. The molecule has 2 aromatic rings. The maximum absolute atomic E-state index is 10.5. The van der Waals surface area contributed by atoms with E-state index in [1.807, 2.05) is 9.97 Å². The molecule has 0 aliphatic heterocycles. The number of carbonyl (C=O) groups excluding carboxylic acids is 1. The van der Waals surface area contributed by atoms with E-state index in [1.165, 1.54) is 6.20 Å². The van der Waals surface area contributed by atoms with Crippen LogP contribution < -0.4 is 16.6 Å². The lowest BCUT2D eigenvalue weighted by Gasteiger charge is -1.89. The third-order valence-electron chi connectivity index (χ3n) is 1.61. The number of hydrogen-bond donors (Lipinski definition) is 5. The van der Waals surface area contributed by atoms with Crippen molar-refractivity contribution in [3.63, 3.8) is 0 Å². The molecule has 0 unspecified atom stereocenters.